The van der Waals surface area contributed by atoms with Gasteiger partial charge < -0.3 is 11.1 Å². The summed E-state index contributed by atoms with van der Waals surface area (Å²) in [4.78, 5) is 11.0. The molecule has 0 aromatic carbocycles. The van der Waals surface area contributed by atoms with E-state index in [1.165, 1.54) is 38.5 Å². The molecule has 1 aromatic rings. The lowest BCUT2D eigenvalue weighted by Gasteiger charge is -2.01. The molecule has 1 aromatic heterocycles. The van der Waals surface area contributed by atoms with Crippen LogP contribution >= 0.6 is 0 Å². The molecule has 1 rings (SSSR count). The molecule has 0 aliphatic rings. The number of carbonyl (C=O) groups is 1. The lowest BCUT2D eigenvalue weighted by molar-refractivity contribution is -0.119. The summed E-state index contributed by atoms with van der Waals surface area (Å²) in [5.41, 5.74) is 5.99. The Morgan fingerprint density at radius 3 is 2.65 bits per heavy atom. The number of hydrogen-bond donors (Lipinski definition) is 2. The summed E-state index contributed by atoms with van der Waals surface area (Å²) in [5.74, 6) is -0.174. The maximum atomic E-state index is 11.0. The number of nitrogens with zero attached hydrogens (tertiary/aromatic N) is 3. The van der Waals surface area contributed by atoms with E-state index in [1.807, 2.05) is 10.9 Å². The highest BCUT2D eigenvalue weighted by molar-refractivity contribution is 5.77. The molecule has 0 bridgehead atoms. The second-order valence-electron chi connectivity index (χ2n) is 5.08. The van der Waals surface area contributed by atoms with Crippen LogP contribution in [-0.2, 0) is 17.9 Å². The van der Waals surface area contributed by atoms with E-state index in [2.05, 4.69) is 22.6 Å². The maximum absolute atomic E-state index is 11.0. The van der Waals surface area contributed by atoms with E-state index >= 15 is 0 Å². The van der Waals surface area contributed by atoms with Gasteiger partial charge in [-0.25, -0.2) is 0 Å². The molecule has 0 aliphatic carbocycles. The molecule has 6 heteroatoms. The first-order valence-corrected chi connectivity index (χ1v) is 7.62. The van der Waals surface area contributed by atoms with Crippen molar-refractivity contribution in [3.05, 3.63) is 11.9 Å². The highest BCUT2D eigenvalue weighted by Crippen LogP contribution is 2.07. The number of nitrogens with one attached hydrogen (secondary N) is 1. The molecule has 0 unspecified atom stereocenters. The fraction of sp³-hybridized carbons (Fsp3) is 0.786. The number of unbranched alkanes of at least 4 members (excludes halogenated alkanes) is 6. The molecule has 0 radical (unpaired) electrons. The summed E-state index contributed by atoms with van der Waals surface area (Å²) in [7, 11) is 0. The number of nitrogens with two attached hydrogens (primary N) is 1. The van der Waals surface area contributed by atoms with Gasteiger partial charge in [-0.05, 0) is 6.42 Å². The van der Waals surface area contributed by atoms with E-state index in [9.17, 15) is 4.79 Å². The molecule has 0 spiro atoms. The van der Waals surface area contributed by atoms with E-state index in [0.717, 1.165) is 18.7 Å². The molecule has 1 amide bonds. The first-order chi connectivity index (χ1) is 9.76. The number of carbonyl (C=O) groups excluding carboxylic acids is 1. The Hall–Kier alpha value is -1.43. The zero-order chi connectivity index (χ0) is 14.6. The average Bonchev–Trinajstić information content (AvgIpc) is 2.91. The summed E-state index contributed by atoms with van der Waals surface area (Å²) in [5, 5.41) is 10.7. The van der Waals surface area contributed by atoms with Crippen molar-refractivity contribution < 1.29 is 4.79 Å². The third-order valence-corrected chi connectivity index (χ3v) is 3.23. The fourth-order valence-electron chi connectivity index (χ4n) is 2.02. The van der Waals surface area contributed by atoms with Crippen LogP contribution in [0.2, 0.25) is 0 Å². The highest BCUT2D eigenvalue weighted by Gasteiger charge is 2.02. The molecule has 0 fully saturated rings. The quantitative estimate of drug-likeness (QED) is 0.603. The lowest BCUT2D eigenvalue weighted by Crippen LogP contribution is -2.29. The molecular weight excluding hydrogens is 254 g/mol. The monoisotopic (exact) mass is 281 g/mol. The summed E-state index contributed by atoms with van der Waals surface area (Å²) in [6, 6.07) is 0. The van der Waals surface area contributed by atoms with Crippen molar-refractivity contribution in [2.24, 2.45) is 5.73 Å². The van der Waals surface area contributed by atoms with Crippen molar-refractivity contribution in [1.82, 2.24) is 20.3 Å². The van der Waals surface area contributed by atoms with Gasteiger partial charge in [-0.2, -0.15) is 0 Å². The molecule has 1 heterocycles. The first kappa shape index (κ1) is 16.6. The molecule has 20 heavy (non-hydrogen) atoms. The van der Waals surface area contributed by atoms with Gasteiger partial charge in [0.1, 0.15) is 5.69 Å². The summed E-state index contributed by atoms with van der Waals surface area (Å²) >= 11 is 0. The number of aryl methyl sites for hydroxylation is 1. The van der Waals surface area contributed by atoms with Gasteiger partial charge in [0.15, 0.2) is 0 Å². The molecule has 114 valence electrons. The zero-order valence-electron chi connectivity index (χ0n) is 12.5. The van der Waals surface area contributed by atoms with Crippen molar-refractivity contribution in [1.29, 1.82) is 0 Å². The Morgan fingerprint density at radius 2 is 1.95 bits per heavy atom. The van der Waals surface area contributed by atoms with E-state index < -0.39 is 0 Å². The fourth-order valence-corrected chi connectivity index (χ4v) is 2.02. The zero-order valence-corrected chi connectivity index (χ0v) is 12.5. The summed E-state index contributed by atoms with van der Waals surface area (Å²) in [6.07, 6.45) is 10.9. The number of rotatable bonds is 11. The lowest BCUT2D eigenvalue weighted by atomic mass is 10.1. The maximum Gasteiger partial charge on any atom is 0.234 e. The standard InChI is InChI=1S/C14H27N5O/c1-2-3-4-5-6-7-8-9-19-12-13(17-18-19)11-16-14(20)10-15/h12H,2-11,15H2,1H3,(H,16,20). The topological polar surface area (TPSA) is 85.8 Å². The van der Waals surface area contributed by atoms with E-state index in [-0.39, 0.29) is 12.5 Å². The van der Waals surface area contributed by atoms with Crippen LogP contribution < -0.4 is 11.1 Å². The van der Waals surface area contributed by atoms with Crippen LogP contribution in [0.25, 0.3) is 0 Å². The molecule has 3 N–H and O–H groups in total. The van der Waals surface area contributed by atoms with Crippen molar-refractivity contribution in [2.45, 2.75) is 65.0 Å². The average molecular weight is 281 g/mol. The molecular formula is C14H27N5O. The number of amides is 1. The van der Waals surface area contributed by atoms with E-state index in [4.69, 9.17) is 5.73 Å². The third kappa shape index (κ3) is 7.23. The minimum atomic E-state index is -0.174. The Labute approximate surface area is 121 Å². The van der Waals surface area contributed by atoms with Crippen LogP contribution in [0.15, 0.2) is 6.20 Å². The summed E-state index contributed by atoms with van der Waals surface area (Å²) in [6.45, 7) is 3.53. The van der Waals surface area contributed by atoms with Crippen molar-refractivity contribution in [3.63, 3.8) is 0 Å². The van der Waals surface area contributed by atoms with Crippen molar-refractivity contribution in [3.8, 4) is 0 Å². The van der Waals surface area contributed by atoms with Crippen LogP contribution in [0, 0.1) is 0 Å². The highest BCUT2D eigenvalue weighted by atomic mass is 16.1. The van der Waals surface area contributed by atoms with Gasteiger partial charge in [-0.3, -0.25) is 9.48 Å². The normalized spacial score (nSPS) is 10.7. The van der Waals surface area contributed by atoms with Crippen LogP contribution in [-0.4, -0.2) is 27.4 Å². The third-order valence-electron chi connectivity index (χ3n) is 3.23. The Bertz CT molecular complexity index is 377. The van der Waals surface area contributed by atoms with Crippen molar-refractivity contribution in [2.75, 3.05) is 6.54 Å². The number of aromatic nitrogens is 3. The molecule has 6 nitrogen and oxygen atoms in total. The van der Waals surface area contributed by atoms with Gasteiger partial charge >= 0.3 is 0 Å². The smallest absolute Gasteiger partial charge is 0.234 e. The first-order valence-electron chi connectivity index (χ1n) is 7.62. The summed E-state index contributed by atoms with van der Waals surface area (Å²) < 4.78 is 1.84. The Balaban J connectivity index is 2.09. The molecule has 0 saturated carbocycles. The molecule has 0 atom stereocenters. The van der Waals surface area contributed by atoms with Crippen molar-refractivity contribution >= 4 is 5.91 Å². The van der Waals surface area contributed by atoms with Gasteiger partial charge in [0.2, 0.25) is 5.91 Å². The van der Waals surface area contributed by atoms with Gasteiger partial charge in [0.25, 0.3) is 0 Å². The van der Waals surface area contributed by atoms with Gasteiger partial charge in [-0.15, -0.1) is 5.10 Å². The molecule has 0 aliphatic heterocycles. The van der Waals surface area contributed by atoms with Crippen LogP contribution in [0.1, 0.15) is 57.6 Å². The second kappa shape index (κ2) is 10.4. The van der Waals surface area contributed by atoms with E-state index in [1.54, 1.807) is 0 Å². The van der Waals surface area contributed by atoms with Gasteiger partial charge in [0, 0.05) is 6.54 Å². The second-order valence-corrected chi connectivity index (χ2v) is 5.08. The predicted molar refractivity (Wildman–Crippen MR) is 78.9 cm³/mol. The molecule has 0 saturated heterocycles. The Morgan fingerprint density at radius 1 is 1.25 bits per heavy atom. The van der Waals surface area contributed by atoms with Crippen LogP contribution in [0.5, 0.6) is 0 Å². The Kier molecular flexibility index (Phi) is 8.62. The van der Waals surface area contributed by atoms with E-state index in [0.29, 0.717) is 6.54 Å². The minimum Gasteiger partial charge on any atom is -0.349 e. The SMILES string of the molecule is CCCCCCCCCn1cc(CNC(=O)CN)nn1. The number of hydrogen-bond acceptors (Lipinski definition) is 4. The van der Waals surface area contributed by atoms with Crippen LogP contribution in [0.3, 0.4) is 0 Å². The van der Waals surface area contributed by atoms with Gasteiger partial charge in [0.05, 0.1) is 19.3 Å². The van der Waals surface area contributed by atoms with Crippen LogP contribution in [0.4, 0.5) is 0 Å². The minimum absolute atomic E-state index is 0.00612. The van der Waals surface area contributed by atoms with Gasteiger partial charge in [-0.1, -0.05) is 50.7 Å². The largest absolute Gasteiger partial charge is 0.349 e. The predicted octanol–water partition coefficient (Wildman–Crippen LogP) is 1.60.